The Kier molecular flexibility index (Phi) is 7.49. The highest BCUT2D eigenvalue weighted by Crippen LogP contribution is 2.44. The van der Waals surface area contributed by atoms with Crippen LogP contribution in [0.1, 0.15) is 36.3 Å². The number of rotatable bonds is 10. The smallest absolute Gasteiger partial charge is 0.407 e. The summed E-state index contributed by atoms with van der Waals surface area (Å²) in [5.41, 5.74) is 4.69. The Hall–Kier alpha value is -2.84. The summed E-state index contributed by atoms with van der Waals surface area (Å²) in [7, 11) is -0.884. The number of alkyl carbamates (subject to hydrolysis) is 1. The minimum Gasteiger partial charge on any atom is -0.480 e. The average Bonchev–Trinajstić information content (AvgIpc) is 3.04. The van der Waals surface area contributed by atoms with E-state index in [0.29, 0.717) is 25.8 Å². The molecular formula is C22H27BN2O5. The number of hydrogen-bond donors (Lipinski definition) is 4. The van der Waals surface area contributed by atoms with Crippen molar-refractivity contribution in [3.05, 3.63) is 59.7 Å². The fraction of sp³-hybridized carbons (Fsp3) is 0.364. The van der Waals surface area contributed by atoms with Crippen LogP contribution in [-0.2, 0) is 9.53 Å². The van der Waals surface area contributed by atoms with Crippen molar-refractivity contribution in [1.82, 2.24) is 10.5 Å². The quantitative estimate of drug-likeness (QED) is 0.355. The zero-order valence-electron chi connectivity index (χ0n) is 17.0. The Balaban J connectivity index is 1.43. The predicted octanol–water partition coefficient (Wildman–Crippen LogP) is 2.85. The number of hydrogen-bond acceptors (Lipinski definition) is 5. The van der Waals surface area contributed by atoms with Crippen LogP contribution in [0.15, 0.2) is 48.5 Å². The van der Waals surface area contributed by atoms with Crippen LogP contribution in [-0.4, -0.2) is 48.4 Å². The van der Waals surface area contributed by atoms with Gasteiger partial charge in [0.05, 0.1) is 6.04 Å². The van der Waals surface area contributed by atoms with Gasteiger partial charge in [-0.05, 0) is 48.3 Å². The molecule has 1 atom stereocenters. The molecule has 4 N–H and O–H groups in total. The minimum atomic E-state index is -1.000. The number of amides is 1. The highest BCUT2D eigenvalue weighted by molar-refractivity contribution is 6.46. The summed E-state index contributed by atoms with van der Waals surface area (Å²) < 4.78 is 5.47. The molecule has 0 radical (unpaired) electrons. The van der Waals surface area contributed by atoms with Crippen molar-refractivity contribution >= 4 is 19.1 Å². The summed E-state index contributed by atoms with van der Waals surface area (Å²) in [6.07, 6.45) is 1.11. The summed E-state index contributed by atoms with van der Waals surface area (Å²) in [5, 5.41) is 23.7. The zero-order valence-corrected chi connectivity index (χ0v) is 17.0. The second-order valence-electron chi connectivity index (χ2n) is 7.48. The predicted molar refractivity (Wildman–Crippen MR) is 115 cm³/mol. The lowest BCUT2D eigenvalue weighted by molar-refractivity contribution is -0.139. The lowest BCUT2D eigenvalue weighted by Crippen LogP contribution is -2.44. The molecule has 1 unspecified atom stereocenters. The van der Waals surface area contributed by atoms with Gasteiger partial charge in [0, 0.05) is 12.5 Å². The summed E-state index contributed by atoms with van der Waals surface area (Å²) in [5.74, 6) is -0.980. The van der Waals surface area contributed by atoms with Crippen LogP contribution in [0.25, 0.3) is 11.1 Å². The number of benzene rings is 2. The lowest BCUT2D eigenvalue weighted by atomic mass is 9.86. The number of carbonyl (C=O) groups is 2. The standard InChI is InChI=1S/C22H27BN2O5/c1-23(29)25-20(21(26)27)12-6-7-13-24-22(28)30-14-19-17-10-4-2-8-15(17)16-9-3-5-11-18(16)19/h2-5,8-11,19-20,25,29H,6-7,12-14H2,1H3,(H,24,28)(H,26,27). The molecule has 0 fully saturated rings. The van der Waals surface area contributed by atoms with Crippen molar-refractivity contribution in [3.63, 3.8) is 0 Å². The van der Waals surface area contributed by atoms with Crippen molar-refractivity contribution in [3.8, 4) is 11.1 Å². The number of carboxylic acid groups (broad SMARTS) is 1. The van der Waals surface area contributed by atoms with E-state index in [1.165, 1.54) is 17.9 Å². The highest BCUT2D eigenvalue weighted by atomic mass is 16.5. The molecule has 0 saturated carbocycles. The molecule has 1 aliphatic rings. The fourth-order valence-corrected chi connectivity index (χ4v) is 3.88. The van der Waals surface area contributed by atoms with E-state index in [4.69, 9.17) is 9.84 Å². The average molecular weight is 410 g/mol. The number of aliphatic carboxylic acids is 1. The van der Waals surface area contributed by atoms with E-state index >= 15 is 0 Å². The normalized spacial score (nSPS) is 13.3. The monoisotopic (exact) mass is 410 g/mol. The van der Waals surface area contributed by atoms with Crippen molar-refractivity contribution in [2.75, 3.05) is 13.2 Å². The molecular weight excluding hydrogens is 383 g/mol. The summed E-state index contributed by atoms with van der Waals surface area (Å²) in [6, 6.07) is 15.5. The molecule has 2 aromatic carbocycles. The molecule has 1 aliphatic carbocycles. The highest BCUT2D eigenvalue weighted by Gasteiger charge is 2.29. The van der Waals surface area contributed by atoms with E-state index in [1.807, 2.05) is 24.3 Å². The van der Waals surface area contributed by atoms with E-state index in [-0.39, 0.29) is 12.5 Å². The van der Waals surface area contributed by atoms with Crippen molar-refractivity contribution < 1.29 is 24.5 Å². The van der Waals surface area contributed by atoms with Gasteiger partial charge in [-0.25, -0.2) is 4.79 Å². The van der Waals surface area contributed by atoms with Gasteiger partial charge in [0.25, 0.3) is 0 Å². The molecule has 0 spiro atoms. The third-order valence-corrected chi connectivity index (χ3v) is 5.27. The van der Waals surface area contributed by atoms with Gasteiger partial charge in [-0.15, -0.1) is 0 Å². The number of unbranched alkanes of at least 4 members (excludes halogenated alkanes) is 1. The van der Waals surface area contributed by atoms with Crippen LogP contribution >= 0.6 is 0 Å². The van der Waals surface area contributed by atoms with Gasteiger partial charge in [0.1, 0.15) is 6.61 Å². The summed E-state index contributed by atoms with van der Waals surface area (Å²) in [6.45, 7) is 2.14. The molecule has 0 heterocycles. The molecule has 1 amide bonds. The van der Waals surface area contributed by atoms with Crippen molar-refractivity contribution in [1.29, 1.82) is 0 Å². The number of ether oxygens (including phenoxy) is 1. The first kappa shape index (κ1) is 21.9. The molecule has 158 valence electrons. The molecule has 0 saturated heterocycles. The molecule has 8 heteroatoms. The van der Waals surface area contributed by atoms with Gasteiger partial charge in [0.2, 0.25) is 0 Å². The fourth-order valence-electron chi connectivity index (χ4n) is 3.88. The SMILES string of the molecule is CB(O)NC(CCCCNC(=O)OCC1c2ccccc2-c2ccccc21)C(=O)O. The van der Waals surface area contributed by atoms with Crippen LogP contribution in [0, 0.1) is 0 Å². The number of fused-ring (bicyclic) bond motifs is 3. The van der Waals surface area contributed by atoms with Gasteiger partial charge in [0.15, 0.2) is 0 Å². The number of nitrogens with one attached hydrogen (secondary N) is 2. The van der Waals surface area contributed by atoms with Gasteiger partial charge in [-0.2, -0.15) is 0 Å². The molecule has 0 aliphatic heterocycles. The Morgan fingerprint density at radius 2 is 1.67 bits per heavy atom. The maximum Gasteiger partial charge on any atom is 0.407 e. The maximum absolute atomic E-state index is 12.1. The molecule has 7 nitrogen and oxygen atoms in total. The summed E-state index contributed by atoms with van der Waals surface area (Å²) >= 11 is 0. The number of carboxylic acids is 1. The first-order valence-corrected chi connectivity index (χ1v) is 10.2. The topological polar surface area (TPSA) is 108 Å². The largest absolute Gasteiger partial charge is 0.480 e. The first-order valence-electron chi connectivity index (χ1n) is 10.2. The van der Waals surface area contributed by atoms with Gasteiger partial charge in [-0.3, -0.25) is 4.79 Å². The second kappa shape index (κ2) is 10.3. The van der Waals surface area contributed by atoms with Gasteiger partial charge < -0.3 is 25.4 Å². The molecule has 3 rings (SSSR count). The van der Waals surface area contributed by atoms with Crippen molar-refractivity contribution in [2.24, 2.45) is 0 Å². The van der Waals surface area contributed by atoms with E-state index in [9.17, 15) is 14.6 Å². The Bertz CT molecular complexity index is 844. The van der Waals surface area contributed by atoms with Crippen LogP contribution in [0.5, 0.6) is 0 Å². The lowest BCUT2D eigenvalue weighted by Gasteiger charge is -2.15. The van der Waals surface area contributed by atoms with E-state index in [1.54, 1.807) is 0 Å². The zero-order chi connectivity index (χ0) is 21.5. The summed E-state index contributed by atoms with van der Waals surface area (Å²) in [4.78, 5) is 23.2. The third kappa shape index (κ3) is 5.40. The Morgan fingerprint density at radius 1 is 1.07 bits per heavy atom. The second-order valence-corrected chi connectivity index (χ2v) is 7.48. The minimum absolute atomic E-state index is 0.0195. The van der Waals surface area contributed by atoms with Crippen LogP contribution in [0.4, 0.5) is 4.79 Å². The van der Waals surface area contributed by atoms with Gasteiger partial charge in [-0.1, -0.05) is 48.5 Å². The van der Waals surface area contributed by atoms with E-state index in [0.717, 1.165) is 11.1 Å². The maximum atomic E-state index is 12.1. The van der Waals surface area contributed by atoms with Crippen LogP contribution < -0.4 is 10.5 Å². The molecule has 0 bridgehead atoms. The molecule has 0 aromatic heterocycles. The van der Waals surface area contributed by atoms with Crippen LogP contribution in [0.2, 0.25) is 6.82 Å². The molecule has 2 aromatic rings. The van der Waals surface area contributed by atoms with Crippen molar-refractivity contribution in [2.45, 2.75) is 38.0 Å². The number of carbonyl (C=O) groups excluding carboxylic acids is 1. The van der Waals surface area contributed by atoms with E-state index < -0.39 is 25.2 Å². The first-order chi connectivity index (χ1) is 14.5. The third-order valence-electron chi connectivity index (χ3n) is 5.27. The van der Waals surface area contributed by atoms with Gasteiger partial charge >= 0.3 is 19.1 Å². The Morgan fingerprint density at radius 3 is 2.23 bits per heavy atom. The molecule has 30 heavy (non-hydrogen) atoms. The Labute approximate surface area is 176 Å². The van der Waals surface area contributed by atoms with Crippen LogP contribution in [0.3, 0.4) is 0 Å². The van der Waals surface area contributed by atoms with E-state index in [2.05, 4.69) is 34.8 Å².